The third-order valence-electron chi connectivity index (χ3n) is 7.18. The molecule has 0 unspecified atom stereocenters. The molecule has 37 heavy (non-hydrogen) atoms. The van der Waals surface area contributed by atoms with Gasteiger partial charge in [0.25, 0.3) is 5.91 Å². The third-order valence-corrected chi connectivity index (χ3v) is 7.18. The van der Waals surface area contributed by atoms with Crippen LogP contribution in [0.5, 0.6) is 11.5 Å². The van der Waals surface area contributed by atoms with Crippen LogP contribution in [0.1, 0.15) is 42.7 Å². The standard InChI is InChI=1S/C30H25FN2O4/c1-17-27(30(35)33-22-10-8-21(31)9-11-22)28(19-7-12-25-26(15-19)37-16-36-25)29-23(32-17)13-20(14-24(29)34)18-5-3-2-4-6-18/h2-12,15,20,28,32H,13-14,16H2,1H3,(H,33,35)/t20-,28-/m0/s1. The summed E-state index contributed by atoms with van der Waals surface area (Å²) < 4.78 is 24.5. The van der Waals surface area contributed by atoms with Gasteiger partial charge in [-0.15, -0.1) is 0 Å². The van der Waals surface area contributed by atoms with Gasteiger partial charge in [-0.25, -0.2) is 4.39 Å². The lowest BCUT2D eigenvalue weighted by molar-refractivity contribution is -0.116. The number of halogens is 1. The molecule has 0 fully saturated rings. The van der Waals surface area contributed by atoms with Crippen molar-refractivity contribution in [1.82, 2.24) is 5.32 Å². The van der Waals surface area contributed by atoms with E-state index in [1.807, 2.05) is 55.5 Å². The van der Waals surface area contributed by atoms with Crippen LogP contribution in [0.2, 0.25) is 0 Å². The second-order valence-corrected chi connectivity index (χ2v) is 9.50. The van der Waals surface area contributed by atoms with Crippen LogP contribution in [0, 0.1) is 5.82 Å². The van der Waals surface area contributed by atoms with E-state index >= 15 is 0 Å². The summed E-state index contributed by atoms with van der Waals surface area (Å²) in [5.74, 6) is -0.0612. The van der Waals surface area contributed by atoms with Gasteiger partial charge in [-0.05, 0) is 66.8 Å². The molecular formula is C30H25FN2O4. The Labute approximate surface area is 213 Å². The molecule has 2 N–H and O–H groups in total. The number of dihydropyridines is 1. The fourth-order valence-corrected chi connectivity index (χ4v) is 5.46. The monoisotopic (exact) mass is 496 g/mol. The number of hydrogen-bond acceptors (Lipinski definition) is 5. The van der Waals surface area contributed by atoms with Gasteiger partial charge in [0.05, 0.1) is 0 Å². The average Bonchev–Trinajstić information content (AvgIpc) is 3.37. The molecule has 0 saturated heterocycles. The number of amides is 1. The minimum Gasteiger partial charge on any atom is -0.454 e. The van der Waals surface area contributed by atoms with E-state index in [0.717, 1.165) is 16.8 Å². The second kappa shape index (κ2) is 9.24. The maximum Gasteiger partial charge on any atom is 0.254 e. The molecule has 3 aromatic carbocycles. The van der Waals surface area contributed by atoms with Crippen molar-refractivity contribution >= 4 is 17.4 Å². The van der Waals surface area contributed by atoms with Gasteiger partial charge in [0.2, 0.25) is 6.79 Å². The van der Waals surface area contributed by atoms with Crippen molar-refractivity contribution < 1.29 is 23.5 Å². The lowest BCUT2D eigenvalue weighted by atomic mass is 9.71. The number of nitrogens with one attached hydrogen (secondary N) is 2. The molecule has 0 radical (unpaired) electrons. The molecule has 2 heterocycles. The Bertz CT molecular complexity index is 1460. The van der Waals surface area contributed by atoms with Gasteiger partial charge < -0.3 is 20.1 Å². The van der Waals surface area contributed by atoms with Crippen molar-refractivity contribution in [2.24, 2.45) is 0 Å². The Balaban J connectivity index is 1.42. The summed E-state index contributed by atoms with van der Waals surface area (Å²) >= 11 is 0. The highest BCUT2D eigenvalue weighted by atomic mass is 19.1. The molecule has 6 rings (SSSR count). The first-order valence-electron chi connectivity index (χ1n) is 12.2. The number of allylic oxidation sites excluding steroid dienone is 3. The highest BCUT2D eigenvalue weighted by Gasteiger charge is 2.41. The van der Waals surface area contributed by atoms with Crippen LogP contribution in [0.25, 0.3) is 0 Å². The number of rotatable bonds is 4. The van der Waals surface area contributed by atoms with Crippen molar-refractivity contribution in [1.29, 1.82) is 0 Å². The summed E-state index contributed by atoms with van der Waals surface area (Å²) in [7, 11) is 0. The topological polar surface area (TPSA) is 76.7 Å². The average molecular weight is 497 g/mol. The lowest BCUT2D eigenvalue weighted by Gasteiger charge is -2.37. The number of carbonyl (C=O) groups is 2. The van der Waals surface area contributed by atoms with Gasteiger partial charge >= 0.3 is 0 Å². The molecule has 1 amide bonds. The van der Waals surface area contributed by atoms with Crippen molar-refractivity contribution in [3.8, 4) is 11.5 Å². The Hall–Kier alpha value is -4.39. The highest BCUT2D eigenvalue weighted by Crippen LogP contribution is 2.47. The quantitative estimate of drug-likeness (QED) is 0.495. The number of benzene rings is 3. The Morgan fingerprint density at radius 1 is 0.946 bits per heavy atom. The summed E-state index contributed by atoms with van der Waals surface area (Å²) in [5, 5.41) is 6.26. The van der Waals surface area contributed by atoms with E-state index in [4.69, 9.17) is 9.47 Å². The van der Waals surface area contributed by atoms with Crippen molar-refractivity contribution in [3.63, 3.8) is 0 Å². The van der Waals surface area contributed by atoms with Crippen molar-refractivity contribution in [3.05, 3.63) is 112 Å². The first kappa shape index (κ1) is 23.0. The largest absolute Gasteiger partial charge is 0.454 e. The van der Waals surface area contributed by atoms with Gasteiger partial charge in [-0.3, -0.25) is 9.59 Å². The van der Waals surface area contributed by atoms with Crippen LogP contribution >= 0.6 is 0 Å². The van der Waals surface area contributed by atoms with Gasteiger partial charge in [0.15, 0.2) is 17.3 Å². The SMILES string of the molecule is CC1=C(C(=O)Nc2ccc(F)cc2)[C@H](c2ccc3c(c2)OCO3)C2=C(C[C@H](c3ccccc3)CC2=O)N1. The normalized spacial score (nSPS) is 20.4. The zero-order valence-electron chi connectivity index (χ0n) is 20.2. The second-order valence-electron chi connectivity index (χ2n) is 9.50. The Morgan fingerprint density at radius 2 is 1.70 bits per heavy atom. The van der Waals surface area contributed by atoms with Crippen LogP contribution in [0.4, 0.5) is 10.1 Å². The van der Waals surface area contributed by atoms with E-state index in [2.05, 4.69) is 10.6 Å². The molecule has 2 aliphatic heterocycles. The van der Waals surface area contributed by atoms with Crippen molar-refractivity contribution in [2.75, 3.05) is 12.1 Å². The molecule has 1 aliphatic carbocycles. The summed E-state index contributed by atoms with van der Waals surface area (Å²) in [4.78, 5) is 27.4. The van der Waals surface area contributed by atoms with E-state index in [-0.39, 0.29) is 30.2 Å². The number of Topliss-reactive ketones (excluding diaryl/α,β-unsaturated/α-hetero) is 1. The van der Waals surface area contributed by atoms with Gasteiger partial charge in [0.1, 0.15) is 5.82 Å². The lowest BCUT2D eigenvalue weighted by Crippen LogP contribution is -2.37. The first-order chi connectivity index (χ1) is 18.0. The Morgan fingerprint density at radius 3 is 2.49 bits per heavy atom. The highest BCUT2D eigenvalue weighted by molar-refractivity contribution is 6.10. The smallest absolute Gasteiger partial charge is 0.254 e. The van der Waals surface area contributed by atoms with Crippen LogP contribution < -0.4 is 20.1 Å². The van der Waals surface area contributed by atoms with E-state index in [9.17, 15) is 14.0 Å². The molecule has 2 atom stereocenters. The van der Waals surface area contributed by atoms with Crippen molar-refractivity contribution in [2.45, 2.75) is 31.6 Å². The summed E-state index contributed by atoms with van der Waals surface area (Å²) in [6.45, 7) is 1.98. The molecule has 7 heteroatoms. The number of carbonyl (C=O) groups excluding carboxylic acids is 2. The predicted molar refractivity (Wildman–Crippen MR) is 137 cm³/mol. The predicted octanol–water partition coefficient (Wildman–Crippen LogP) is 5.55. The number of anilines is 1. The van der Waals surface area contributed by atoms with E-state index in [0.29, 0.717) is 46.9 Å². The molecule has 0 aromatic heterocycles. The van der Waals surface area contributed by atoms with E-state index in [1.165, 1.54) is 24.3 Å². The molecular weight excluding hydrogens is 471 g/mol. The van der Waals surface area contributed by atoms with Crippen LogP contribution in [-0.4, -0.2) is 18.5 Å². The first-order valence-corrected chi connectivity index (χ1v) is 12.2. The van der Waals surface area contributed by atoms with Crippen LogP contribution in [0.15, 0.2) is 95.3 Å². The number of fused-ring (bicyclic) bond motifs is 1. The van der Waals surface area contributed by atoms with Crippen LogP contribution in [-0.2, 0) is 9.59 Å². The van der Waals surface area contributed by atoms with Crippen LogP contribution in [0.3, 0.4) is 0 Å². The molecule has 3 aromatic rings. The molecule has 0 bridgehead atoms. The zero-order chi connectivity index (χ0) is 25.5. The summed E-state index contributed by atoms with van der Waals surface area (Å²) in [6.07, 6.45) is 1.02. The number of ether oxygens (including phenoxy) is 2. The van der Waals surface area contributed by atoms with E-state index in [1.54, 1.807) is 0 Å². The van der Waals surface area contributed by atoms with E-state index < -0.39 is 5.92 Å². The maximum absolute atomic E-state index is 13.8. The minimum atomic E-state index is -0.588. The fourth-order valence-electron chi connectivity index (χ4n) is 5.46. The van der Waals surface area contributed by atoms with Gasteiger partial charge in [-0.2, -0.15) is 0 Å². The number of ketones is 1. The molecule has 6 nitrogen and oxygen atoms in total. The number of hydrogen-bond donors (Lipinski definition) is 2. The summed E-state index contributed by atoms with van der Waals surface area (Å²) in [6, 6.07) is 21.2. The molecule has 0 spiro atoms. The molecule has 186 valence electrons. The molecule has 3 aliphatic rings. The Kier molecular flexibility index (Phi) is 5.75. The van der Waals surface area contributed by atoms with Gasteiger partial charge in [0, 0.05) is 40.6 Å². The molecule has 0 saturated carbocycles. The maximum atomic E-state index is 13.8. The minimum absolute atomic E-state index is 0.00449. The fraction of sp³-hybridized carbons (Fsp3) is 0.200. The third kappa shape index (κ3) is 4.27. The van der Waals surface area contributed by atoms with Gasteiger partial charge in [-0.1, -0.05) is 36.4 Å². The summed E-state index contributed by atoms with van der Waals surface area (Å²) in [5.41, 5.74) is 4.90. The zero-order valence-corrected chi connectivity index (χ0v) is 20.2.